The number of carbonyl (C=O) groups excluding carboxylic acids is 2. The van der Waals surface area contributed by atoms with Crippen molar-refractivity contribution in [2.24, 2.45) is 5.41 Å². The van der Waals surface area contributed by atoms with Crippen LogP contribution in [-0.2, 0) is 6.42 Å². The van der Waals surface area contributed by atoms with Crippen molar-refractivity contribution in [3.05, 3.63) is 47.0 Å². The lowest BCUT2D eigenvalue weighted by molar-refractivity contribution is 0.0740. The molecule has 1 amide bonds. The Morgan fingerprint density at radius 3 is 2.25 bits per heavy atom. The van der Waals surface area contributed by atoms with Crippen LogP contribution in [0.4, 0.5) is 0 Å². The molecule has 0 spiro atoms. The monoisotopic (exact) mass is 607 g/mol. The highest BCUT2D eigenvalue weighted by atomic mass is 16.5. The molecule has 3 fully saturated rings. The Bertz CT molecular complexity index is 1290. The number of rotatable bonds is 12. The van der Waals surface area contributed by atoms with Gasteiger partial charge in [-0.1, -0.05) is 12.5 Å². The molecule has 3 saturated heterocycles. The van der Waals surface area contributed by atoms with Crippen LogP contribution in [0.25, 0.3) is 0 Å². The summed E-state index contributed by atoms with van der Waals surface area (Å²) in [5.74, 6) is 2.06. The quantitative estimate of drug-likeness (QED) is 0.314. The van der Waals surface area contributed by atoms with Gasteiger partial charge in [-0.2, -0.15) is 0 Å². The lowest BCUT2D eigenvalue weighted by Crippen LogP contribution is -2.47. The van der Waals surface area contributed by atoms with Crippen molar-refractivity contribution in [3.8, 4) is 23.0 Å². The molecule has 3 heterocycles. The summed E-state index contributed by atoms with van der Waals surface area (Å²) in [5, 5.41) is 0. The number of nitrogens with zero attached hydrogens (tertiary/aromatic N) is 3. The van der Waals surface area contributed by atoms with Gasteiger partial charge in [-0.3, -0.25) is 9.59 Å². The number of carbonyl (C=O) groups is 2. The molecule has 5 rings (SSSR count). The van der Waals surface area contributed by atoms with E-state index in [9.17, 15) is 9.59 Å². The predicted molar refractivity (Wildman–Crippen MR) is 171 cm³/mol. The lowest BCUT2D eigenvalue weighted by Gasteiger charge is -2.41. The van der Waals surface area contributed by atoms with Crippen molar-refractivity contribution in [3.63, 3.8) is 0 Å². The summed E-state index contributed by atoms with van der Waals surface area (Å²) in [6.45, 7) is 7.12. The molecular formula is C35H49N3O6. The Kier molecular flexibility index (Phi) is 10.7. The fourth-order valence-corrected chi connectivity index (χ4v) is 7.54. The van der Waals surface area contributed by atoms with Crippen LogP contribution in [0.5, 0.6) is 23.0 Å². The van der Waals surface area contributed by atoms with E-state index in [1.807, 2.05) is 11.0 Å². The van der Waals surface area contributed by atoms with Crippen LogP contribution >= 0.6 is 0 Å². The summed E-state index contributed by atoms with van der Waals surface area (Å²) in [4.78, 5) is 33.0. The van der Waals surface area contributed by atoms with Gasteiger partial charge in [0.15, 0.2) is 29.3 Å². The molecule has 3 aliphatic heterocycles. The Balaban J connectivity index is 1.32. The first-order valence-electron chi connectivity index (χ1n) is 16.1. The molecule has 3 aliphatic rings. The van der Waals surface area contributed by atoms with Crippen molar-refractivity contribution in [1.82, 2.24) is 14.7 Å². The first kappa shape index (κ1) is 32.1. The molecule has 0 aromatic heterocycles. The molecule has 9 heteroatoms. The van der Waals surface area contributed by atoms with Gasteiger partial charge in [0.05, 0.1) is 34.0 Å². The molecule has 1 atom stereocenters. The van der Waals surface area contributed by atoms with Gasteiger partial charge >= 0.3 is 0 Å². The van der Waals surface area contributed by atoms with Crippen LogP contribution in [-0.4, -0.2) is 107 Å². The summed E-state index contributed by atoms with van der Waals surface area (Å²) < 4.78 is 21.9. The second-order valence-electron chi connectivity index (χ2n) is 12.7. The minimum absolute atomic E-state index is 0.0803. The summed E-state index contributed by atoms with van der Waals surface area (Å²) in [6.07, 6.45) is 10.0. The van der Waals surface area contributed by atoms with Gasteiger partial charge in [0.2, 0.25) is 0 Å². The summed E-state index contributed by atoms with van der Waals surface area (Å²) >= 11 is 0. The average Bonchev–Trinajstić information content (AvgIpc) is 3.50. The summed E-state index contributed by atoms with van der Waals surface area (Å²) in [6, 6.07) is 10.2. The van der Waals surface area contributed by atoms with Gasteiger partial charge in [0.1, 0.15) is 0 Å². The highest BCUT2D eigenvalue weighted by Crippen LogP contribution is 2.41. The van der Waals surface area contributed by atoms with Gasteiger partial charge in [0.25, 0.3) is 5.91 Å². The zero-order chi connectivity index (χ0) is 31.1. The zero-order valence-corrected chi connectivity index (χ0v) is 26.9. The fraction of sp³-hybridized carbons (Fsp3) is 0.600. The van der Waals surface area contributed by atoms with Crippen LogP contribution < -0.4 is 18.9 Å². The largest absolute Gasteiger partial charge is 0.493 e. The maximum atomic E-state index is 13.9. The van der Waals surface area contributed by atoms with E-state index in [4.69, 9.17) is 18.9 Å². The molecule has 0 radical (unpaired) electrons. The maximum absolute atomic E-state index is 13.9. The van der Waals surface area contributed by atoms with E-state index < -0.39 is 0 Å². The maximum Gasteiger partial charge on any atom is 0.254 e. The number of amides is 1. The van der Waals surface area contributed by atoms with Crippen LogP contribution in [0.2, 0.25) is 0 Å². The molecule has 2 aromatic carbocycles. The van der Waals surface area contributed by atoms with Crippen LogP contribution in [0.3, 0.4) is 0 Å². The second-order valence-corrected chi connectivity index (χ2v) is 12.7. The standard InChI is InChI=1S/C35H49N3O6/c1-41-30-9-8-26(20-31(30)42-2)23-35(12-18-36-16-10-29(11-17-36)37-14-6-5-7-15-37)13-19-38(25-35)34(40)27-21-28(24-39)33(44-4)32(22-27)43-3/h8-9,20-22,24,29H,5-7,10-19,23,25H2,1-4H3/t35-/m0/s1. The molecule has 9 nitrogen and oxygen atoms in total. The first-order valence-corrected chi connectivity index (χ1v) is 16.1. The molecule has 2 aromatic rings. The van der Waals surface area contributed by atoms with Gasteiger partial charge < -0.3 is 33.6 Å². The van der Waals surface area contributed by atoms with Gasteiger partial charge in [-0.25, -0.2) is 0 Å². The summed E-state index contributed by atoms with van der Waals surface area (Å²) in [7, 11) is 6.32. The number of benzene rings is 2. The van der Waals surface area contributed by atoms with Gasteiger partial charge in [-0.05, 0) is 113 Å². The van der Waals surface area contributed by atoms with Crippen LogP contribution in [0, 0.1) is 5.41 Å². The molecular weight excluding hydrogens is 558 g/mol. The van der Waals surface area contributed by atoms with E-state index in [-0.39, 0.29) is 11.3 Å². The van der Waals surface area contributed by atoms with Crippen molar-refractivity contribution < 1.29 is 28.5 Å². The van der Waals surface area contributed by atoms with E-state index in [1.54, 1.807) is 26.4 Å². The molecule has 240 valence electrons. The molecule has 0 bridgehead atoms. The minimum Gasteiger partial charge on any atom is -0.493 e. The Morgan fingerprint density at radius 1 is 0.864 bits per heavy atom. The van der Waals surface area contributed by atoms with Gasteiger partial charge in [-0.15, -0.1) is 0 Å². The zero-order valence-electron chi connectivity index (χ0n) is 26.9. The lowest BCUT2D eigenvalue weighted by atomic mass is 9.77. The third kappa shape index (κ3) is 7.15. The highest BCUT2D eigenvalue weighted by molar-refractivity contribution is 5.97. The molecule has 0 unspecified atom stereocenters. The normalized spacial score (nSPS) is 21.7. The fourth-order valence-electron chi connectivity index (χ4n) is 7.54. The van der Waals surface area contributed by atoms with Crippen molar-refractivity contribution in [1.29, 1.82) is 0 Å². The van der Waals surface area contributed by atoms with E-state index in [0.29, 0.717) is 47.8 Å². The van der Waals surface area contributed by atoms with E-state index in [2.05, 4.69) is 21.9 Å². The van der Waals surface area contributed by atoms with Crippen LogP contribution in [0.15, 0.2) is 30.3 Å². The Morgan fingerprint density at radius 2 is 1.59 bits per heavy atom. The molecule has 44 heavy (non-hydrogen) atoms. The number of likely N-dealkylation sites (tertiary alicyclic amines) is 3. The number of piperidine rings is 2. The minimum atomic E-state index is -0.0921. The topological polar surface area (TPSA) is 80.8 Å². The van der Waals surface area contributed by atoms with E-state index in [0.717, 1.165) is 50.7 Å². The highest BCUT2D eigenvalue weighted by Gasteiger charge is 2.41. The van der Waals surface area contributed by atoms with Gasteiger partial charge in [0, 0.05) is 24.7 Å². The Hall–Kier alpha value is -3.30. The number of hydrogen-bond acceptors (Lipinski definition) is 8. The van der Waals surface area contributed by atoms with E-state index >= 15 is 0 Å². The molecule has 0 saturated carbocycles. The molecule has 0 N–H and O–H groups in total. The number of aldehydes is 1. The number of ether oxygens (including phenoxy) is 4. The number of hydrogen-bond donors (Lipinski definition) is 0. The van der Waals surface area contributed by atoms with E-state index in [1.165, 1.54) is 65.0 Å². The van der Waals surface area contributed by atoms with Crippen LogP contribution in [0.1, 0.15) is 71.2 Å². The van der Waals surface area contributed by atoms with Crippen molar-refractivity contribution >= 4 is 12.2 Å². The SMILES string of the molecule is COc1ccc(C[C@]2(CCN3CCC(N4CCCCC4)CC3)CCN(C(=O)c3cc(C=O)c(OC)c(OC)c3)C2)cc1OC. The van der Waals surface area contributed by atoms with Crippen molar-refractivity contribution in [2.45, 2.75) is 57.4 Å². The predicted octanol–water partition coefficient (Wildman–Crippen LogP) is 4.95. The van der Waals surface area contributed by atoms with Crippen molar-refractivity contribution in [2.75, 3.05) is 74.3 Å². The number of methoxy groups -OCH3 is 4. The third-order valence-electron chi connectivity index (χ3n) is 10.1. The average molecular weight is 608 g/mol. The second kappa shape index (κ2) is 14.7. The Labute approximate surface area is 262 Å². The smallest absolute Gasteiger partial charge is 0.254 e. The summed E-state index contributed by atoms with van der Waals surface area (Å²) in [5.41, 5.74) is 1.84. The molecule has 0 aliphatic carbocycles. The third-order valence-corrected chi connectivity index (χ3v) is 10.1. The first-order chi connectivity index (χ1) is 21.4.